The number of fused-ring (bicyclic) bond motifs is 1. The van der Waals surface area contributed by atoms with Crippen LogP contribution in [0, 0.1) is 13.8 Å². The van der Waals surface area contributed by atoms with Crippen LogP contribution >= 0.6 is 0 Å². The number of hydrogen-bond acceptors (Lipinski definition) is 3. The molecular weight excluding hydrogens is 348 g/mol. The van der Waals surface area contributed by atoms with Gasteiger partial charge in [-0.1, -0.05) is 36.4 Å². The van der Waals surface area contributed by atoms with Gasteiger partial charge in [-0.05, 0) is 49.1 Å². The molecule has 0 spiro atoms. The maximum Gasteiger partial charge on any atom is 0.318 e. The van der Waals surface area contributed by atoms with Crippen molar-refractivity contribution in [2.45, 2.75) is 38.3 Å². The zero-order valence-electron chi connectivity index (χ0n) is 15.3. The van der Waals surface area contributed by atoms with Crippen molar-refractivity contribution >= 4 is 15.9 Å². The van der Waals surface area contributed by atoms with Gasteiger partial charge in [0.05, 0.1) is 16.7 Å². The first kappa shape index (κ1) is 18.5. The summed E-state index contributed by atoms with van der Waals surface area (Å²) in [5, 5.41) is 3.01. The normalized spacial score (nSPS) is 17.1. The molecule has 0 fully saturated rings. The number of nitrogens with one attached hydrogen (secondary N) is 1. The van der Waals surface area contributed by atoms with Crippen LogP contribution in [0.4, 0.5) is 4.79 Å². The van der Waals surface area contributed by atoms with Crippen LogP contribution < -0.4 is 5.32 Å². The number of aryl methyl sites for hydroxylation is 1. The molecule has 1 N–H and O–H groups in total. The summed E-state index contributed by atoms with van der Waals surface area (Å²) in [5.41, 5.74) is 4.07. The van der Waals surface area contributed by atoms with Crippen molar-refractivity contribution in [3.63, 3.8) is 0 Å². The van der Waals surface area contributed by atoms with Crippen molar-refractivity contribution in [3.8, 4) is 0 Å². The van der Waals surface area contributed by atoms with E-state index in [4.69, 9.17) is 0 Å². The van der Waals surface area contributed by atoms with E-state index in [1.807, 2.05) is 39.0 Å². The van der Waals surface area contributed by atoms with Crippen molar-refractivity contribution in [1.29, 1.82) is 0 Å². The second kappa shape index (κ2) is 7.11. The molecule has 0 aliphatic carbocycles. The third-order valence-corrected chi connectivity index (χ3v) is 6.83. The minimum atomic E-state index is -3.36. The van der Waals surface area contributed by atoms with Gasteiger partial charge >= 0.3 is 6.03 Å². The van der Waals surface area contributed by atoms with E-state index >= 15 is 0 Å². The molecule has 6 heteroatoms. The zero-order valence-corrected chi connectivity index (χ0v) is 16.1. The van der Waals surface area contributed by atoms with Gasteiger partial charge in [-0.25, -0.2) is 13.2 Å². The Morgan fingerprint density at radius 3 is 2.62 bits per heavy atom. The highest BCUT2D eigenvalue weighted by molar-refractivity contribution is 7.91. The van der Waals surface area contributed by atoms with Gasteiger partial charge in [-0.3, -0.25) is 0 Å². The molecule has 2 aromatic carbocycles. The van der Waals surface area contributed by atoms with E-state index in [1.54, 1.807) is 29.2 Å². The van der Waals surface area contributed by atoms with E-state index < -0.39 is 9.84 Å². The van der Waals surface area contributed by atoms with Gasteiger partial charge in [0, 0.05) is 13.1 Å². The Bertz CT molecular complexity index is 938. The first-order chi connectivity index (χ1) is 12.3. The minimum absolute atomic E-state index is 0.0602. The van der Waals surface area contributed by atoms with Gasteiger partial charge in [-0.15, -0.1) is 0 Å². The van der Waals surface area contributed by atoms with E-state index in [0.717, 1.165) is 11.1 Å². The average Bonchev–Trinajstić information content (AvgIpc) is 2.74. The molecule has 1 heterocycles. The summed E-state index contributed by atoms with van der Waals surface area (Å²) in [6, 6.07) is 12.5. The number of rotatable bonds is 2. The first-order valence-corrected chi connectivity index (χ1v) is 10.4. The van der Waals surface area contributed by atoms with Gasteiger partial charge in [0.15, 0.2) is 9.84 Å². The fourth-order valence-corrected chi connectivity index (χ4v) is 4.83. The molecule has 0 aromatic heterocycles. The molecule has 138 valence electrons. The summed E-state index contributed by atoms with van der Waals surface area (Å²) < 4.78 is 24.9. The van der Waals surface area contributed by atoms with E-state index in [2.05, 4.69) is 5.32 Å². The van der Waals surface area contributed by atoms with Crippen LogP contribution in [0.25, 0.3) is 0 Å². The molecule has 26 heavy (non-hydrogen) atoms. The zero-order chi connectivity index (χ0) is 18.9. The first-order valence-electron chi connectivity index (χ1n) is 8.72. The minimum Gasteiger partial charge on any atom is -0.331 e. The molecular formula is C20H24N2O3S. The number of carbonyl (C=O) groups is 1. The van der Waals surface area contributed by atoms with Crippen LogP contribution in [-0.4, -0.2) is 31.6 Å². The average molecular weight is 372 g/mol. The Hall–Kier alpha value is -2.34. The number of nitrogens with zero attached hydrogens (tertiary/aromatic N) is 1. The Labute approximate surface area is 154 Å². The molecule has 0 saturated carbocycles. The third-order valence-electron chi connectivity index (χ3n) is 5.04. The summed E-state index contributed by atoms with van der Waals surface area (Å²) in [6.45, 7) is 6.51. The van der Waals surface area contributed by atoms with Gasteiger partial charge in [-0.2, -0.15) is 0 Å². The maximum absolute atomic E-state index is 12.8. The highest BCUT2D eigenvalue weighted by Crippen LogP contribution is 2.24. The Balaban J connectivity index is 1.80. The second-order valence-corrected chi connectivity index (χ2v) is 8.89. The van der Waals surface area contributed by atoms with Crippen LogP contribution in [0.2, 0.25) is 0 Å². The summed E-state index contributed by atoms with van der Waals surface area (Å²) in [5.74, 6) is -0.0602. The predicted octanol–water partition coefficient (Wildman–Crippen LogP) is 3.36. The quantitative estimate of drug-likeness (QED) is 0.879. The molecule has 1 atom stereocenters. The number of sulfone groups is 1. The molecule has 2 amide bonds. The predicted molar refractivity (Wildman–Crippen MR) is 102 cm³/mol. The largest absolute Gasteiger partial charge is 0.331 e. The van der Waals surface area contributed by atoms with Crippen molar-refractivity contribution in [1.82, 2.24) is 10.2 Å². The van der Waals surface area contributed by atoms with Gasteiger partial charge in [0.2, 0.25) is 0 Å². The van der Waals surface area contributed by atoms with Crippen LogP contribution in [0.5, 0.6) is 0 Å². The lowest BCUT2D eigenvalue weighted by molar-refractivity contribution is 0.195. The number of hydrogen-bond donors (Lipinski definition) is 1. The number of carbonyl (C=O) groups excluding carboxylic acids is 1. The van der Waals surface area contributed by atoms with Crippen LogP contribution in [-0.2, 0) is 16.4 Å². The maximum atomic E-state index is 12.8. The van der Waals surface area contributed by atoms with E-state index in [9.17, 15) is 13.2 Å². The van der Waals surface area contributed by atoms with Crippen molar-refractivity contribution in [3.05, 3.63) is 64.7 Å². The lowest BCUT2D eigenvalue weighted by Crippen LogP contribution is -2.41. The van der Waals surface area contributed by atoms with E-state index in [1.165, 1.54) is 5.56 Å². The molecule has 1 aliphatic rings. The lowest BCUT2D eigenvalue weighted by Gasteiger charge is -2.25. The summed E-state index contributed by atoms with van der Waals surface area (Å²) >= 11 is 0. The van der Waals surface area contributed by atoms with E-state index in [0.29, 0.717) is 17.0 Å². The smallest absolute Gasteiger partial charge is 0.318 e. The molecule has 2 aromatic rings. The SMILES string of the molecule is Cc1cccc(C(C)NC(=O)N2CCS(=O)(=O)c3ccccc3C2)c1C. The summed E-state index contributed by atoms with van der Waals surface area (Å²) in [6.07, 6.45) is 0. The Morgan fingerprint density at radius 2 is 1.85 bits per heavy atom. The number of benzene rings is 2. The van der Waals surface area contributed by atoms with Crippen molar-refractivity contribution < 1.29 is 13.2 Å². The number of amides is 2. The van der Waals surface area contributed by atoms with E-state index in [-0.39, 0.29) is 24.4 Å². The third kappa shape index (κ3) is 3.60. The summed E-state index contributed by atoms with van der Waals surface area (Å²) in [7, 11) is -3.36. The Morgan fingerprint density at radius 1 is 1.12 bits per heavy atom. The summed E-state index contributed by atoms with van der Waals surface area (Å²) in [4.78, 5) is 14.7. The van der Waals surface area contributed by atoms with Gasteiger partial charge < -0.3 is 10.2 Å². The highest BCUT2D eigenvalue weighted by atomic mass is 32.2. The molecule has 3 rings (SSSR count). The van der Waals surface area contributed by atoms with Crippen molar-refractivity contribution in [2.24, 2.45) is 0 Å². The van der Waals surface area contributed by atoms with Crippen LogP contribution in [0.1, 0.15) is 35.2 Å². The molecule has 0 bridgehead atoms. The monoisotopic (exact) mass is 372 g/mol. The Kier molecular flexibility index (Phi) is 5.05. The molecule has 0 radical (unpaired) electrons. The van der Waals surface area contributed by atoms with Crippen molar-refractivity contribution in [2.75, 3.05) is 12.3 Å². The standard InChI is InChI=1S/C20H24N2O3S/c1-14-7-6-9-18(15(14)2)16(3)21-20(23)22-11-12-26(24,25)19-10-5-4-8-17(19)13-22/h4-10,16H,11-13H2,1-3H3,(H,21,23). The van der Waals surface area contributed by atoms with Gasteiger partial charge in [0.25, 0.3) is 0 Å². The highest BCUT2D eigenvalue weighted by Gasteiger charge is 2.28. The molecule has 1 unspecified atom stereocenters. The van der Waals surface area contributed by atoms with Crippen LogP contribution in [0.15, 0.2) is 47.4 Å². The molecule has 1 aliphatic heterocycles. The number of urea groups is 1. The topological polar surface area (TPSA) is 66.5 Å². The fraction of sp³-hybridized carbons (Fsp3) is 0.350. The molecule has 5 nitrogen and oxygen atoms in total. The lowest BCUT2D eigenvalue weighted by atomic mass is 9.98. The van der Waals surface area contributed by atoms with Gasteiger partial charge in [0.1, 0.15) is 0 Å². The van der Waals surface area contributed by atoms with Crippen LogP contribution in [0.3, 0.4) is 0 Å². The molecule has 0 saturated heterocycles. The second-order valence-electron chi connectivity index (χ2n) is 6.81. The fourth-order valence-electron chi connectivity index (χ4n) is 3.33.